The lowest BCUT2D eigenvalue weighted by atomic mass is 10.1. The maximum Gasteiger partial charge on any atom is 0.124 e. The Kier molecular flexibility index (Phi) is 5.70. The van der Waals surface area contributed by atoms with Crippen molar-refractivity contribution in [2.75, 3.05) is 13.2 Å². The molecule has 2 rings (SSSR count). The fraction of sp³-hybridized carbons (Fsp3) is 0.533. The summed E-state index contributed by atoms with van der Waals surface area (Å²) in [5, 5.41) is 0.709. The molecule has 0 aliphatic rings. The van der Waals surface area contributed by atoms with E-state index in [9.17, 15) is 0 Å². The molecule has 1 aromatic carbocycles. The number of halogens is 2. The van der Waals surface area contributed by atoms with Crippen molar-refractivity contribution in [3.63, 3.8) is 0 Å². The number of fused-ring (bicyclic) bond motifs is 1. The molecule has 1 heterocycles. The van der Waals surface area contributed by atoms with E-state index >= 15 is 0 Å². The first kappa shape index (κ1) is 15.6. The lowest BCUT2D eigenvalue weighted by Crippen LogP contribution is -2.10. The van der Waals surface area contributed by atoms with Crippen molar-refractivity contribution in [2.45, 2.75) is 32.7 Å². The molecule has 0 fully saturated rings. The third-order valence-electron chi connectivity index (χ3n) is 3.21. The summed E-state index contributed by atoms with van der Waals surface area (Å²) in [6.07, 6.45) is 1.08. The van der Waals surface area contributed by atoms with Crippen molar-refractivity contribution in [3.05, 3.63) is 29.0 Å². The van der Waals surface area contributed by atoms with Crippen LogP contribution in [0.15, 0.2) is 18.2 Å². The Hall–Kier alpha value is -0.770. The van der Waals surface area contributed by atoms with Gasteiger partial charge in [-0.1, -0.05) is 25.4 Å². The lowest BCUT2D eigenvalue weighted by molar-refractivity contribution is 0.116. The molecular formula is C15H20Cl2N2O. The molecule has 0 amide bonds. The van der Waals surface area contributed by atoms with Gasteiger partial charge < -0.3 is 9.30 Å². The van der Waals surface area contributed by atoms with E-state index in [1.807, 2.05) is 18.2 Å². The molecule has 0 bridgehead atoms. The minimum atomic E-state index is 0.387. The largest absolute Gasteiger partial charge is 0.380 e. The van der Waals surface area contributed by atoms with Crippen LogP contribution in [-0.4, -0.2) is 22.8 Å². The van der Waals surface area contributed by atoms with Crippen LogP contribution in [0.5, 0.6) is 0 Å². The average Bonchev–Trinajstić information content (AvgIpc) is 2.75. The second kappa shape index (κ2) is 7.30. The maximum atomic E-state index is 6.06. The summed E-state index contributed by atoms with van der Waals surface area (Å²) < 4.78 is 7.76. The average molecular weight is 315 g/mol. The van der Waals surface area contributed by atoms with Crippen molar-refractivity contribution in [3.8, 4) is 0 Å². The van der Waals surface area contributed by atoms with Gasteiger partial charge >= 0.3 is 0 Å². The molecule has 0 spiro atoms. The summed E-state index contributed by atoms with van der Waals surface area (Å²) in [7, 11) is 0. The van der Waals surface area contributed by atoms with E-state index in [0.717, 1.165) is 36.4 Å². The van der Waals surface area contributed by atoms with E-state index in [-0.39, 0.29) is 0 Å². The Labute approximate surface area is 129 Å². The number of ether oxygens (including phenoxy) is 1. The van der Waals surface area contributed by atoms with Crippen molar-refractivity contribution < 1.29 is 4.74 Å². The van der Waals surface area contributed by atoms with Crippen molar-refractivity contribution in [1.29, 1.82) is 0 Å². The number of alkyl halides is 1. The smallest absolute Gasteiger partial charge is 0.124 e. The van der Waals surface area contributed by atoms with E-state index in [1.165, 1.54) is 0 Å². The van der Waals surface area contributed by atoms with Crippen molar-refractivity contribution >= 4 is 34.2 Å². The summed E-state index contributed by atoms with van der Waals surface area (Å²) in [4.78, 5) is 4.52. The van der Waals surface area contributed by atoms with E-state index in [1.54, 1.807) is 0 Å². The van der Waals surface area contributed by atoms with Crippen LogP contribution in [0.1, 0.15) is 26.1 Å². The number of benzene rings is 1. The van der Waals surface area contributed by atoms with Crippen LogP contribution in [0.3, 0.4) is 0 Å². The van der Waals surface area contributed by atoms with Gasteiger partial charge in [-0.25, -0.2) is 4.98 Å². The number of hydrogen-bond donors (Lipinski definition) is 0. The van der Waals surface area contributed by atoms with E-state index < -0.39 is 0 Å². The van der Waals surface area contributed by atoms with Gasteiger partial charge in [0.15, 0.2) is 0 Å². The second-order valence-electron chi connectivity index (χ2n) is 5.24. The Morgan fingerprint density at radius 2 is 2.10 bits per heavy atom. The second-order valence-corrected chi connectivity index (χ2v) is 5.94. The molecule has 0 unspecified atom stereocenters. The highest BCUT2D eigenvalue weighted by atomic mass is 35.5. The zero-order valence-corrected chi connectivity index (χ0v) is 13.4. The van der Waals surface area contributed by atoms with Crippen LogP contribution in [-0.2, 0) is 17.2 Å². The van der Waals surface area contributed by atoms with Crippen molar-refractivity contribution in [1.82, 2.24) is 9.55 Å². The van der Waals surface area contributed by atoms with Gasteiger partial charge in [0.25, 0.3) is 0 Å². The van der Waals surface area contributed by atoms with Crippen LogP contribution < -0.4 is 0 Å². The lowest BCUT2D eigenvalue weighted by Gasteiger charge is -2.09. The molecule has 0 saturated heterocycles. The molecule has 3 nitrogen and oxygen atoms in total. The first-order chi connectivity index (χ1) is 9.61. The predicted molar refractivity (Wildman–Crippen MR) is 84.6 cm³/mol. The van der Waals surface area contributed by atoms with Gasteiger partial charge in [-0.2, -0.15) is 0 Å². The number of hydrogen-bond acceptors (Lipinski definition) is 2. The molecule has 0 atom stereocenters. The quantitative estimate of drug-likeness (QED) is 0.556. The molecular weight excluding hydrogens is 295 g/mol. The number of aromatic nitrogens is 2. The third-order valence-corrected chi connectivity index (χ3v) is 3.68. The minimum Gasteiger partial charge on any atom is -0.380 e. The van der Waals surface area contributed by atoms with Crippen molar-refractivity contribution in [2.24, 2.45) is 5.92 Å². The molecule has 20 heavy (non-hydrogen) atoms. The fourth-order valence-corrected chi connectivity index (χ4v) is 2.44. The molecule has 0 aliphatic carbocycles. The molecule has 110 valence electrons. The monoisotopic (exact) mass is 314 g/mol. The standard InChI is InChI=1S/C15H20Cl2N2O/c1-11(2)5-7-20-8-6-19-14-9-12(17)3-4-13(14)18-15(19)10-16/h3-4,9,11H,5-8,10H2,1-2H3. The van der Waals surface area contributed by atoms with Gasteiger partial charge in [-0.05, 0) is 30.5 Å². The van der Waals surface area contributed by atoms with E-state index in [0.29, 0.717) is 23.4 Å². The van der Waals surface area contributed by atoms with Gasteiger partial charge in [0.1, 0.15) is 5.82 Å². The molecule has 0 radical (unpaired) electrons. The first-order valence-electron chi connectivity index (χ1n) is 6.90. The summed E-state index contributed by atoms with van der Waals surface area (Å²) in [5.41, 5.74) is 1.94. The number of imidazole rings is 1. The van der Waals surface area contributed by atoms with Crippen LogP contribution in [0.4, 0.5) is 0 Å². The zero-order valence-electron chi connectivity index (χ0n) is 11.9. The highest BCUT2D eigenvalue weighted by Gasteiger charge is 2.10. The van der Waals surface area contributed by atoms with Gasteiger partial charge in [0.05, 0.1) is 23.5 Å². The molecule has 2 aromatic rings. The summed E-state index contributed by atoms with van der Waals surface area (Å²) >= 11 is 12.0. The summed E-state index contributed by atoms with van der Waals surface area (Å²) in [6.45, 7) is 6.59. The Bertz CT molecular complexity index is 566. The summed E-state index contributed by atoms with van der Waals surface area (Å²) in [5.74, 6) is 1.91. The molecule has 0 N–H and O–H groups in total. The van der Waals surface area contributed by atoms with E-state index in [2.05, 4.69) is 23.4 Å². The Balaban J connectivity index is 2.06. The highest BCUT2D eigenvalue weighted by Crippen LogP contribution is 2.21. The number of nitrogens with zero attached hydrogens (tertiary/aromatic N) is 2. The minimum absolute atomic E-state index is 0.387. The van der Waals surface area contributed by atoms with Crippen LogP contribution in [0.25, 0.3) is 11.0 Å². The molecule has 1 aromatic heterocycles. The first-order valence-corrected chi connectivity index (χ1v) is 7.81. The molecule has 5 heteroatoms. The van der Waals surface area contributed by atoms with E-state index in [4.69, 9.17) is 27.9 Å². The number of rotatable bonds is 7. The summed E-state index contributed by atoms with van der Waals surface area (Å²) in [6, 6.07) is 5.69. The fourth-order valence-electron chi connectivity index (χ4n) is 2.07. The normalized spacial score (nSPS) is 11.7. The highest BCUT2D eigenvalue weighted by molar-refractivity contribution is 6.31. The zero-order chi connectivity index (χ0) is 14.5. The Morgan fingerprint density at radius 3 is 2.80 bits per heavy atom. The Morgan fingerprint density at radius 1 is 1.30 bits per heavy atom. The topological polar surface area (TPSA) is 27.1 Å². The van der Waals surface area contributed by atoms with Crippen LogP contribution in [0.2, 0.25) is 5.02 Å². The molecule has 0 aliphatic heterocycles. The maximum absolute atomic E-state index is 6.06. The SMILES string of the molecule is CC(C)CCOCCn1c(CCl)nc2ccc(Cl)cc21. The molecule has 0 saturated carbocycles. The third kappa shape index (κ3) is 3.87. The van der Waals surface area contributed by atoms with Crippen LogP contribution >= 0.6 is 23.2 Å². The predicted octanol–water partition coefficient (Wildman–Crippen LogP) is 4.49. The van der Waals surface area contributed by atoms with Gasteiger partial charge in [0, 0.05) is 18.2 Å². The van der Waals surface area contributed by atoms with Gasteiger partial charge in [0.2, 0.25) is 0 Å². The van der Waals surface area contributed by atoms with Gasteiger partial charge in [-0.15, -0.1) is 11.6 Å². The van der Waals surface area contributed by atoms with Crippen LogP contribution in [0, 0.1) is 5.92 Å². The van der Waals surface area contributed by atoms with Gasteiger partial charge in [-0.3, -0.25) is 0 Å².